The Hall–Kier alpha value is -3.91. The van der Waals surface area contributed by atoms with Gasteiger partial charge in [0.1, 0.15) is 18.2 Å². The molecule has 1 fully saturated rings. The molecule has 0 saturated carbocycles. The number of thioether (sulfide) groups is 1. The average Bonchev–Trinajstić information content (AvgIpc) is 2.95. The van der Waals surface area contributed by atoms with Gasteiger partial charge >= 0.3 is 0 Å². The van der Waals surface area contributed by atoms with Gasteiger partial charge in [-0.2, -0.15) is 11.8 Å². The molecule has 4 aromatic rings. The fraction of sp³-hybridized carbons (Fsp3) is 0.214. The van der Waals surface area contributed by atoms with E-state index < -0.39 is 0 Å². The molecule has 1 saturated heterocycles. The van der Waals surface area contributed by atoms with Crippen LogP contribution in [0.1, 0.15) is 17.0 Å². The summed E-state index contributed by atoms with van der Waals surface area (Å²) < 4.78 is 6.07. The zero-order chi connectivity index (χ0) is 24.7. The third kappa shape index (κ3) is 5.33. The van der Waals surface area contributed by atoms with Crippen LogP contribution in [-0.2, 0) is 6.61 Å². The molecule has 8 heteroatoms. The predicted octanol–water partition coefficient (Wildman–Crippen LogP) is 4.68. The molecule has 0 aliphatic carbocycles. The minimum absolute atomic E-state index is 0.288. The highest BCUT2D eigenvalue weighted by atomic mass is 32.2. The molecule has 0 atom stereocenters. The second kappa shape index (κ2) is 11.2. The molecule has 2 aromatic carbocycles. The van der Waals surface area contributed by atoms with E-state index in [1.165, 1.54) is 0 Å². The highest BCUT2D eigenvalue weighted by Crippen LogP contribution is 2.27. The summed E-state index contributed by atoms with van der Waals surface area (Å²) in [6.07, 6.45) is 5.26. The number of hydrogen-bond acceptors (Lipinski definition) is 8. The van der Waals surface area contributed by atoms with Gasteiger partial charge in [-0.05, 0) is 59.7 Å². The molecule has 0 amide bonds. The molecule has 36 heavy (non-hydrogen) atoms. The smallest absolute Gasteiger partial charge is 0.168 e. The van der Waals surface area contributed by atoms with E-state index in [0.717, 1.165) is 63.8 Å². The third-order valence-corrected chi connectivity index (χ3v) is 6.96. The van der Waals surface area contributed by atoms with E-state index in [4.69, 9.17) is 20.4 Å². The van der Waals surface area contributed by atoms with Crippen molar-refractivity contribution in [3.63, 3.8) is 0 Å². The molecule has 3 heterocycles. The van der Waals surface area contributed by atoms with Gasteiger partial charge in [0.05, 0.1) is 5.52 Å². The molecule has 7 nitrogen and oxygen atoms in total. The Labute approximate surface area is 215 Å². The summed E-state index contributed by atoms with van der Waals surface area (Å²) in [5.74, 6) is 4.62. The Morgan fingerprint density at radius 1 is 1.00 bits per heavy atom. The van der Waals surface area contributed by atoms with Gasteiger partial charge in [-0.25, -0.2) is 9.97 Å². The topological polar surface area (TPSA) is 89.5 Å². The Bertz CT molecular complexity index is 1380. The molecule has 0 radical (unpaired) electrons. The Morgan fingerprint density at radius 2 is 1.75 bits per heavy atom. The van der Waals surface area contributed by atoms with Crippen molar-refractivity contribution in [1.29, 1.82) is 0 Å². The monoisotopic (exact) mass is 496 g/mol. The lowest BCUT2D eigenvalue weighted by Crippen LogP contribution is -2.33. The summed E-state index contributed by atoms with van der Waals surface area (Å²) in [4.78, 5) is 20.3. The maximum absolute atomic E-state index is 6.51. The number of pyridine rings is 1. The number of aliphatic imine (C=N–C) groups is 1. The van der Waals surface area contributed by atoms with Gasteiger partial charge in [-0.15, -0.1) is 0 Å². The fourth-order valence-corrected chi connectivity index (χ4v) is 5.08. The van der Waals surface area contributed by atoms with Gasteiger partial charge in [0.15, 0.2) is 5.82 Å². The van der Waals surface area contributed by atoms with Crippen LogP contribution in [0.25, 0.3) is 22.2 Å². The van der Waals surface area contributed by atoms with E-state index in [1.807, 2.05) is 66.4 Å². The normalized spacial score (nSPS) is 14.8. The Morgan fingerprint density at radius 3 is 2.50 bits per heavy atom. The number of rotatable bonds is 7. The average molecular weight is 497 g/mol. The molecule has 2 aromatic heterocycles. The lowest BCUT2D eigenvalue weighted by atomic mass is 10.0. The fourth-order valence-electron chi connectivity index (χ4n) is 4.18. The van der Waals surface area contributed by atoms with Crippen molar-refractivity contribution in [3.8, 4) is 5.75 Å². The molecule has 0 spiro atoms. The van der Waals surface area contributed by atoms with E-state index in [2.05, 4.69) is 20.9 Å². The van der Waals surface area contributed by atoms with Crippen molar-refractivity contribution in [2.24, 2.45) is 10.7 Å². The van der Waals surface area contributed by atoms with Crippen molar-refractivity contribution in [2.45, 2.75) is 6.61 Å². The summed E-state index contributed by atoms with van der Waals surface area (Å²) in [5.41, 5.74) is 10.8. The molecule has 0 unspecified atom stereocenters. The van der Waals surface area contributed by atoms with Crippen LogP contribution < -0.4 is 15.4 Å². The number of nitrogens with zero attached hydrogens (tertiary/aromatic N) is 5. The summed E-state index contributed by atoms with van der Waals surface area (Å²) in [6.45, 7) is 2.27. The van der Waals surface area contributed by atoms with Crippen LogP contribution in [0.3, 0.4) is 0 Å². The van der Waals surface area contributed by atoms with E-state index in [9.17, 15) is 0 Å². The van der Waals surface area contributed by atoms with Crippen molar-refractivity contribution in [3.05, 3.63) is 90.0 Å². The standard InChI is InChI=1S/C28H28N6OS/c1-30-18-24(20-10-12-31-13-11-20)27(29)21-6-8-22(9-7-21)35-19-26-32-25-5-3-2-4-23(25)28(33-26)34-14-16-36-17-15-34/h2-13,18H,14-17,19,29H2,1H3. The van der Waals surface area contributed by atoms with Gasteiger partial charge < -0.3 is 15.4 Å². The molecule has 5 rings (SSSR count). The van der Waals surface area contributed by atoms with Crippen LogP contribution in [0.4, 0.5) is 5.82 Å². The number of para-hydroxylation sites is 1. The molecule has 1 aliphatic heterocycles. The lowest BCUT2D eigenvalue weighted by Gasteiger charge is -2.28. The van der Waals surface area contributed by atoms with Crippen molar-refractivity contribution in [2.75, 3.05) is 36.5 Å². The predicted molar refractivity (Wildman–Crippen MR) is 150 cm³/mol. The molecule has 182 valence electrons. The van der Waals surface area contributed by atoms with Crippen molar-refractivity contribution < 1.29 is 4.74 Å². The molecular weight excluding hydrogens is 468 g/mol. The van der Waals surface area contributed by atoms with Crippen LogP contribution >= 0.6 is 11.8 Å². The maximum Gasteiger partial charge on any atom is 0.168 e. The van der Waals surface area contributed by atoms with Crippen LogP contribution in [0.2, 0.25) is 0 Å². The Balaban J connectivity index is 1.36. The summed E-state index contributed by atoms with van der Waals surface area (Å²) in [7, 11) is 1.73. The van der Waals surface area contributed by atoms with E-state index in [0.29, 0.717) is 11.5 Å². The van der Waals surface area contributed by atoms with Gasteiger partial charge in [0.2, 0.25) is 0 Å². The second-order valence-electron chi connectivity index (χ2n) is 8.34. The minimum atomic E-state index is 0.288. The largest absolute Gasteiger partial charge is 0.486 e. The summed E-state index contributed by atoms with van der Waals surface area (Å²) >= 11 is 1.98. The highest BCUT2D eigenvalue weighted by Gasteiger charge is 2.17. The maximum atomic E-state index is 6.51. The molecule has 0 bridgehead atoms. The van der Waals surface area contributed by atoms with Gasteiger partial charge in [0, 0.05) is 66.9 Å². The summed E-state index contributed by atoms with van der Waals surface area (Å²) in [5, 5.41) is 1.08. The molecule has 2 N–H and O–H groups in total. The van der Waals surface area contributed by atoms with Crippen molar-refractivity contribution in [1.82, 2.24) is 15.0 Å². The SMILES string of the molecule is CN=CC(=C(N)c1ccc(OCc2nc(N3CCSCC3)c3ccccc3n2)cc1)c1ccncc1. The van der Waals surface area contributed by atoms with Gasteiger partial charge in [0.25, 0.3) is 0 Å². The van der Waals surface area contributed by atoms with Crippen LogP contribution in [-0.4, -0.2) is 52.8 Å². The molecular formula is C28H28N6OS. The Kier molecular flexibility index (Phi) is 7.42. The first kappa shape index (κ1) is 23.8. The highest BCUT2D eigenvalue weighted by molar-refractivity contribution is 7.99. The lowest BCUT2D eigenvalue weighted by molar-refractivity contribution is 0.296. The zero-order valence-corrected chi connectivity index (χ0v) is 21.0. The quantitative estimate of drug-likeness (QED) is 0.372. The second-order valence-corrected chi connectivity index (χ2v) is 9.57. The van der Waals surface area contributed by atoms with Gasteiger partial charge in [-0.1, -0.05) is 12.1 Å². The van der Waals surface area contributed by atoms with Gasteiger partial charge in [-0.3, -0.25) is 9.98 Å². The minimum Gasteiger partial charge on any atom is -0.486 e. The number of hydrogen-bond donors (Lipinski definition) is 1. The first-order chi connectivity index (χ1) is 17.7. The number of allylic oxidation sites excluding steroid dienone is 1. The van der Waals surface area contributed by atoms with Crippen LogP contribution in [0.15, 0.2) is 78.0 Å². The number of ether oxygens (including phenoxy) is 1. The number of nitrogens with two attached hydrogens (primary N) is 1. The summed E-state index contributed by atoms with van der Waals surface area (Å²) in [6, 6.07) is 19.8. The van der Waals surface area contributed by atoms with E-state index in [-0.39, 0.29) is 6.61 Å². The van der Waals surface area contributed by atoms with E-state index >= 15 is 0 Å². The first-order valence-corrected chi connectivity index (χ1v) is 13.0. The third-order valence-electron chi connectivity index (χ3n) is 6.01. The number of aromatic nitrogens is 3. The van der Waals surface area contributed by atoms with Crippen molar-refractivity contribution >= 4 is 46.0 Å². The number of fused-ring (bicyclic) bond motifs is 1. The van der Waals surface area contributed by atoms with Crippen LogP contribution in [0, 0.1) is 0 Å². The first-order valence-electron chi connectivity index (χ1n) is 11.9. The number of anilines is 1. The molecule has 1 aliphatic rings. The number of benzene rings is 2. The zero-order valence-electron chi connectivity index (χ0n) is 20.2. The van der Waals surface area contributed by atoms with Crippen LogP contribution in [0.5, 0.6) is 5.75 Å². The van der Waals surface area contributed by atoms with E-state index in [1.54, 1.807) is 25.7 Å².